The number of thiophene rings is 1. The Morgan fingerprint density at radius 2 is 1.96 bits per heavy atom. The predicted molar refractivity (Wildman–Crippen MR) is 112 cm³/mol. The molecule has 27 heavy (non-hydrogen) atoms. The molecule has 0 atom stereocenters. The molecule has 0 bridgehead atoms. The van der Waals surface area contributed by atoms with Gasteiger partial charge in [-0.25, -0.2) is 0 Å². The summed E-state index contributed by atoms with van der Waals surface area (Å²) in [6, 6.07) is 12.2. The van der Waals surface area contributed by atoms with Gasteiger partial charge in [-0.05, 0) is 52.3 Å². The van der Waals surface area contributed by atoms with Gasteiger partial charge in [-0.1, -0.05) is 0 Å². The summed E-state index contributed by atoms with van der Waals surface area (Å²) in [6.45, 7) is 4.77. The van der Waals surface area contributed by atoms with Gasteiger partial charge in [0, 0.05) is 54.7 Å². The summed E-state index contributed by atoms with van der Waals surface area (Å²) in [5, 5.41) is 1.09. The third kappa shape index (κ3) is 4.20. The average molecular weight is 448 g/mol. The van der Waals surface area contributed by atoms with Crippen molar-refractivity contribution in [1.29, 1.82) is 0 Å². The zero-order valence-corrected chi connectivity index (χ0v) is 17.6. The molecule has 1 saturated heterocycles. The first-order valence-electron chi connectivity index (χ1n) is 8.99. The summed E-state index contributed by atoms with van der Waals surface area (Å²) in [6.07, 6.45) is 1.98. The highest BCUT2D eigenvalue weighted by Gasteiger charge is 2.22. The van der Waals surface area contributed by atoms with E-state index in [0.29, 0.717) is 6.54 Å². The molecule has 5 nitrogen and oxygen atoms in total. The molecule has 0 saturated carbocycles. The van der Waals surface area contributed by atoms with Gasteiger partial charge in [0.05, 0.1) is 10.9 Å². The van der Waals surface area contributed by atoms with E-state index in [0.717, 1.165) is 49.4 Å². The zero-order chi connectivity index (χ0) is 18.8. The number of amides is 1. The lowest BCUT2D eigenvalue weighted by Gasteiger charge is -2.34. The first-order chi connectivity index (χ1) is 13.1. The zero-order valence-electron chi connectivity index (χ0n) is 15.2. The van der Waals surface area contributed by atoms with E-state index in [9.17, 15) is 4.79 Å². The van der Waals surface area contributed by atoms with Crippen LogP contribution in [0.1, 0.15) is 4.88 Å². The second-order valence-electron chi connectivity index (χ2n) is 6.73. The number of piperazine rings is 1. The summed E-state index contributed by atoms with van der Waals surface area (Å²) in [5.41, 5.74) is 1.06. The maximum Gasteiger partial charge on any atom is 0.242 e. The molecule has 0 unspecified atom stereocenters. The number of ether oxygens (including phenoxy) is 1. The average Bonchev–Trinajstić information content (AvgIpc) is 3.28. The van der Waals surface area contributed by atoms with Crippen molar-refractivity contribution in [3.63, 3.8) is 0 Å². The van der Waals surface area contributed by atoms with Gasteiger partial charge in [-0.15, -0.1) is 11.3 Å². The fraction of sp³-hybridized carbons (Fsp3) is 0.350. The first kappa shape index (κ1) is 18.5. The van der Waals surface area contributed by atoms with Gasteiger partial charge in [0.25, 0.3) is 0 Å². The Labute approximate surface area is 171 Å². The quantitative estimate of drug-likeness (QED) is 0.596. The number of carbonyl (C=O) groups excluding carboxylic acids is 1. The summed E-state index contributed by atoms with van der Waals surface area (Å²) >= 11 is 5.29. The van der Waals surface area contributed by atoms with Gasteiger partial charge in [-0.2, -0.15) is 0 Å². The minimum absolute atomic E-state index is 0.182. The number of benzene rings is 1. The fourth-order valence-corrected chi connectivity index (χ4v) is 5.03. The van der Waals surface area contributed by atoms with Crippen molar-refractivity contribution in [1.82, 2.24) is 14.4 Å². The van der Waals surface area contributed by atoms with Crippen molar-refractivity contribution < 1.29 is 9.53 Å². The molecule has 4 rings (SSSR count). The number of nitrogens with zero attached hydrogens (tertiary/aromatic N) is 3. The SMILES string of the molecule is COc1ccc2c(ccn2CC(=O)N2CCN(Cc3ccc(Br)s3)CC2)c1. The number of fused-ring (bicyclic) bond motifs is 1. The van der Waals surface area contributed by atoms with Gasteiger partial charge in [0.15, 0.2) is 0 Å². The normalized spacial score (nSPS) is 15.4. The number of aromatic nitrogens is 1. The van der Waals surface area contributed by atoms with Crippen LogP contribution in [-0.4, -0.2) is 53.6 Å². The Morgan fingerprint density at radius 3 is 2.67 bits per heavy atom. The van der Waals surface area contributed by atoms with Crippen LogP contribution < -0.4 is 4.74 Å². The topological polar surface area (TPSA) is 37.7 Å². The summed E-state index contributed by atoms with van der Waals surface area (Å²) in [7, 11) is 1.67. The summed E-state index contributed by atoms with van der Waals surface area (Å²) < 4.78 is 8.46. The molecule has 142 valence electrons. The van der Waals surface area contributed by atoms with Crippen molar-refractivity contribution in [2.75, 3.05) is 33.3 Å². The smallest absolute Gasteiger partial charge is 0.242 e. The van der Waals surface area contributed by atoms with Crippen molar-refractivity contribution in [3.8, 4) is 5.75 Å². The van der Waals surface area contributed by atoms with Gasteiger partial charge in [-0.3, -0.25) is 9.69 Å². The van der Waals surface area contributed by atoms with Crippen LogP contribution in [0.3, 0.4) is 0 Å². The largest absolute Gasteiger partial charge is 0.497 e. The summed E-state index contributed by atoms with van der Waals surface area (Å²) in [4.78, 5) is 18.5. The summed E-state index contributed by atoms with van der Waals surface area (Å²) in [5.74, 6) is 1.02. The van der Waals surface area contributed by atoms with Crippen LogP contribution >= 0.6 is 27.3 Å². The number of rotatable bonds is 5. The molecule has 0 spiro atoms. The molecular formula is C20H22BrN3O2S. The Hall–Kier alpha value is -1.83. The van der Waals surface area contributed by atoms with Crippen LogP contribution in [0.2, 0.25) is 0 Å². The van der Waals surface area contributed by atoms with Crippen LogP contribution in [-0.2, 0) is 17.9 Å². The molecule has 2 aromatic heterocycles. The molecule has 0 N–H and O–H groups in total. The molecule has 0 aliphatic carbocycles. The number of hydrogen-bond acceptors (Lipinski definition) is 4. The molecule has 1 fully saturated rings. The molecule has 3 heterocycles. The lowest BCUT2D eigenvalue weighted by molar-refractivity contribution is -0.133. The van der Waals surface area contributed by atoms with Crippen LogP contribution in [0.4, 0.5) is 0 Å². The third-order valence-corrected chi connectivity index (χ3v) is 6.63. The van der Waals surface area contributed by atoms with E-state index in [2.05, 4.69) is 33.0 Å². The monoisotopic (exact) mass is 447 g/mol. The molecule has 1 aliphatic rings. The third-order valence-electron chi connectivity index (χ3n) is 5.02. The van der Waals surface area contributed by atoms with E-state index in [-0.39, 0.29) is 5.91 Å². The minimum atomic E-state index is 0.182. The standard InChI is InChI=1S/C20H22BrN3O2S/c1-26-16-2-4-18-15(12-16)6-7-24(18)14-20(25)23-10-8-22(9-11-23)13-17-3-5-19(21)27-17/h2-7,12H,8-11,13-14H2,1H3. The van der Waals surface area contributed by atoms with E-state index in [1.807, 2.05) is 39.9 Å². The van der Waals surface area contributed by atoms with E-state index >= 15 is 0 Å². The first-order valence-corrected chi connectivity index (χ1v) is 10.6. The molecular weight excluding hydrogens is 426 g/mol. The van der Waals surface area contributed by atoms with Crippen molar-refractivity contribution >= 4 is 44.1 Å². The van der Waals surface area contributed by atoms with Gasteiger partial charge in [0.2, 0.25) is 5.91 Å². The second-order valence-corrected chi connectivity index (χ2v) is 9.28. The molecule has 1 aliphatic heterocycles. The van der Waals surface area contributed by atoms with Gasteiger partial charge >= 0.3 is 0 Å². The fourth-order valence-electron chi connectivity index (χ4n) is 3.50. The Morgan fingerprint density at radius 1 is 1.15 bits per heavy atom. The molecule has 1 amide bonds. The highest BCUT2D eigenvalue weighted by molar-refractivity contribution is 9.11. The van der Waals surface area contributed by atoms with E-state index < -0.39 is 0 Å². The number of halogens is 1. The van der Waals surface area contributed by atoms with Crippen molar-refractivity contribution in [3.05, 3.63) is 51.3 Å². The lowest BCUT2D eigenvalue weighted by atomic mass is 10.2. The van der Waals surface area contributed by atoms with Crippen molar-refractivity contribution in [2.24, 2.45) is 0 Å². The highest BCUT2D eigenvalue weighted by atomic mass is 79.9. The molecule has 7 heteroatoms. The Bertz CT molecular complexity index is 944. The Balaban J connectivity index is 1.34. The lowest BCUT2D eigenvalue weighted by Crippen LogP contribution is -2.49. The molecule has 0 radical (unpaired) electrons. The maximum atomic E-state index is 12.8. The maximum absolute atomic E-state index is 12.8. The van der Waals surface area contributed by atoms with Gasteiger partial charge in [0.1, 0.15) is 12.3 Å². The van der Waals surface area contributed by atoms with Gasteiger partial charge < -0.3 is 14.2 Å². The van der Waals surface area contributed by atoms with E-state index in [1.54, 1.807) is 18.4 Å². The van der Waals surface area contributed by atoms with E-state index in [1.165, 1.54) is 8.66 Å². The molecule has 1 aromatic carbocycles. The minimum Gasteiger partial charge on any atom is -0.497 e. The highest BCUT2D eigenvalue weighted by Crippen LogP contribution is 2.24. The van der Waals surface area contributed by atoms with Crippen LogP contribution in [0, 0.1) is 0 Å². The number of carbonyl (C=O) groups is 1. The number of methoxy groups -OCH3 is 1. The van der Waals surface area contributed by atoms with Crippen LogP contribution in [0.25, 0.3) is 10.9 Å². The molecule has 3 aromatic rings. The van der Waals surface area contributed by atoms with Crippen molar-refractivity contribution in [2.45, 2.75) is 13.1 Å². The Kier molecular flexibility index (Phi) is 5.52. The second kappa shape index (κ2) is 8.04. The van der Waals surface area contributed by atoms with Crippen LogP contribution in [0.15, 0.2) is 46.4 Å². The predicted octanol–water partition coefficient (Wildman–Crippen LogP) is 3.82. The van der Waals surface area contributed by atoms with E-state index in [4.69, 9.17) is 4.74 Å². The number of hydrogen-bond donors (Lipinski definition) is 0. The van der Waals surface area contributed by atoms with Crippen LogP contribution in [0.5, 0.6) is 5.75 Å².